The van der Waals surface area contributed by atoms with Gasteiger partial charge in [0.15, 0.2) is 0 Å². The first-order valence-corrected chi connectivity index (χ1v) is 4.42. The fraction of sp³-hybridized carbons (Fsp3) is 0. The highest BCUT2D eigenvalue weighted by Crippen LogP contribution is 2.17. The molecule has 0 amide bonds. The van der Waals surface area contributed by atoms with Gasteiger partial charge in [-0.2, -0.15) is 0 Å². The van der Waals surface area contributed by atoms with E-state index in [1.807, 2.05) is 12.1 Å². The Hall–Kier alpha value is -2.30. The molecule has 0 aliphatic heterocycles. The van der Waals surface area contributed by atoms with Gasteiger partial charge in [-0.3, -0.25) is 4.79 Å². The molecule has 1 aromatic carbocycles. The van der Waals surface area contributed by atoms with Crippen molar-refractivity contribution >= 4 is 21.9 Å². The van der Waals surface area contributed by atoms with Crippen LogP contribution in [-0.2, 0) is 0 Å². The molecule has 0 spiro atoms. The maximum atomic E-state index is 11.2. The minimum Gasteiger partial charge on any atom is -0.319 e. The van der Waals surface area contributed by atoms with Gasteiger partial charge in [-0.05, 0) is 12.1 Å². The van der Waals surface area contributed by atoms with E-state index in [-0.39, 0.29) is 5.56 Å². The zero-order chi connectivity index (χ0) is 10.3. The lowest BCUT2D eigenvalue weighted by atomic mass is 10.2. The maximum absolute atomic E-state index is 11.2. The molecule has 0 radical (unpaired) electrons. The molecule has 0 saturated carbocycles. The Kier molecular flexibility index (Phi) is 1.53. The van der Waals surface area contributed by atoms with Crippen LogP contribution in [0.2, 0.25) is 0 Å². The molecule has 3 aromatic rings. The number of hydrogen-bond donors (Lipinski definition) is 1. The molecule has 2 aromatic heterocycles. The van der Waals surface area contributed by atoms with Crippen LogP contribution in [0, 0.1) is 0 Å². The lowest BCUT2D eigenvalue weighted by Crippen LogP contribution is -2.05. The van der Waals surface area contributed by atoms with Gasteiger partial charge in [-0.25, -0.2) is 15.0 Å². The molecule has 5 nitrogen and oxygen atoms in total. The molecule has 3 rings (SSSR count). The topological polar surface area (TPSA) is 71.5 Å². The number of H-pyrrole nitrogens is 1. The predicted molar refractivity (Wildman–Crippen MR) is 55.5 cm³/mol. The van der Waals surface area contributed by atoms with E-state index < -0.39 is 0 Å². The number of nitrogens with zero attached hydrogens (tertiary/aromatic N) is 3. The van der Waals surface area contributed by atoms with Gasteiger partial charge in [0.05, 0.1) is 22.7 Å². The second-order valence-corrected chi connectivity index (χ2v) is 3.16. The number of hydrogen-bond acceptors (Lipinski definition) is 4. The van der Waals surface area contributed by atoms with E-state index in [4.69, 9.17) is 0 Å². The van der Waals surface area contributed by atoms with Crippen LogP contribution in [0.4, 0.5) is 0 Å². The van der Waals surface area contributed by atoms with Crippen molar-refractivity contribution in [2.24, 2.45) is 0 Å². The third-order valence-corrected chi connectivity index (χ3v) is 2.24. The Labute approximate surface area is 83.8 Å². The number of fused-ring (bicyclic) bond motifs is 3. The van der Waals surface area contributed by atoms with Crippen LogP contribution in [-0.4, -0.2) is 19.9 Å². The summed E-state index contributed by atoms with van der Waals surface area (Å²) in [5.41, 5.74) is 1.98. The largest absolute Gasteiger partial charge is 0.319 e. The third-order valence-electron chi connectivity index (χ3n) is 2.24. The van der Waals surface area contributed by atoms with Crippen molar-refractivity contribution in [2.45, 2.75) is 0 Å². The first-order chi connectivity index (χ1) is 7.34. The summed E-state index contributed by atoms with van der Waals surface area (Å²) in [5, 5.41) is 0.806. The molecule has 15 heavy (non-hydrogen) atoms. The molecule has 2 heterocycles. The molecule has 72 valence electrons. The third kappa shape index (κ3) is 1.17. The minimum atomic E-state index is -0.223. The average Bonchev–Trinajstić information content (AvgIpc) is 2.29. The highest BCUT2D eigenvalue weighted by atomic mass is 16.1. The van der Waals surface area contributed by atoms with E-state index in [0.29, 0.717) is 5.52 Å². The van der Waals surface area contributed by atoms with Crippen LogP contribution < -0.4 is 5.56 Å². The zero-order valence-electron chi connectivity index (χ0n) is 7.64. The molecule has 0 bridgehead atoms. The number of aromatic nitrogens is 4. The van der Waals surface area contributed by atoms with Gasteiger partial charge in [0.1, 0.15) is 6.33 Å². The Morgan fingerprint density at radius 3 is 2.87 bits per heavy atom. The van der Waals surface area contributed by atoms with Crippen LogP contribution in [0.3, 0.4) is 0 Å². The summed E-state index contributed by atoms with van der Waals surface area (Å²) in [6.45, 7) is 0. The predicted octanol–water partition coefficient (Wildman–Crippen LogP) is 0.866. The van der Waals surface area contributed by atoms with E-state index in [2.05, 4.69) is 19.9 Å². The summed E-state index contributed by atoms with van der Waals surface area (Å²) in [7, 11) is 0. The quantitative estimate of drug-likeness (QED) is 0.544. The van der Waals surface area contributed by atoms with Crippen molar-refractivity contribution in [3.63, 3.8) is 0 Å². The van der Waals surface area contributed by atoms with E-state index >= 15 is 0 Å². The first-order valence-electron chi connectivity index (χ1n) is 4.42. The van der Waals surface area contributed by atoms with Crippen LogP contribution in [0.5, 0.6) is 0 Å². The number of nitrogens with one attached hydrogen (secondary N) is 1. The van der Waals surface area contributed by atoms with Gasteiger partial charge in [0, 0.05) is 11.6 Å². The van der Waals surface area contributed by atoms with Crippen LogP contribution in [0.25, 0.3) is 21.9 Å². The van der Waals surface area contributed by atoms with Crippen molar-refractivity contribution in [1.82, 2.24) is 19.9 Å². The van der Waals surface area contributed by atoms with Crippen LogP contribution >= 0.6 is 0 Å². The molecule has 0 aliphatic carbocycles. The summed E-state index contributed by atoms with van der Waals surface area (Å²) < 4.78 is 0. The molecule has 0 saturated heterocycles. The number of aromatic amines is 1. The second-order valence-electron chi connectivity index (χ2n) is 3.16. The molecule has 0 fully saturated rings. The van der Waals surface area contributed by atoms with Crippen molar-refractivity contribution in [1.29, 1.82) is 0 Å². The van der Waals surface area contributed by atoms with Crippen molar-refractivity contribution in [3.05, 3.63) is 41.2 Å². The number of benzene rings is 1. The Balaban J connectivity index is 2.63. The Morgan fingerprint density at radius 2 is 1.93 bits per heavy atom. The summed E-state index contributed by atoms with van der Waals surface area (Å²) in [6.07, 6.45) is 4.41. The normalized spacial score (nSPS) is 10.9. The van der Waals surface area contributed by atoms with Crippen molar-refractivity contribution in [2.75, 3.05) is 0 Å². The fourth-order valence-corrected chi connectivity index (χ4v) is 1.57. The molecule has 5 heteroatoms. The maximum Gasteiger partial charge on any atom is 0.266 e. The van der Waals surface area contributed by atoms with Crippen molar-refractivity contribution in [3.8, 4) is 0 Å². The fourth-order valence-electron chi connectivity index (χ4n) is 1.57. The van der Waals surface area contributed by atoms with Gasteiger partial charge in [0.25, 0.3) is 5.56 Å². The Bertz CT molecular complexity index is 704. The van der Waals surface area contributed by atoms with E-state index in [1.165, 1.54) is 12.5 Å². The lowest BCUT2D eigenvalue weighted by Gasteiger charge is -2.00. The first kappa shape index (κ1) is 8.05. The smallest absolute Gasteiger partial charge is 0.266 e. The van der Waals surface area contributed by atoms with Crippen LogP contribution in [0.15, 0.2) is 35.6 Å². The molecule has 1 N–H and O–H groups in total. The standard InChI is InChI=1S/C10H6N4O/c15-9-4-12-8-2-1-7-6(10(8)14-9)3-11-5-13-7/h1-5H,(H,14,15). The molecule has 0 atom stereocenters. The summed E-state index contributed by atoms with van der Waals surface area (Å²) in [6, 6.07) is 3.67. The minimum absolute atomic E-state index is 0.223. The molecule has 0 unspecified atom stereocenters. The molecular weight excluding hydrogens is 192 g/mol. The lowest BCUT2D eigenvalue weighted by molar-refractivity contribution is 1.20. The molecular formula is C10H6N4O. The van der Waals surface area contributed by atoms with E-state index in [9.17, 15) is 4.79 Å². The number of rotatable bonds is 0. The van der Waals surface area contributed by atoms with Crippen molar-refractivity contribution < 1.29 is 0 Å². The summed E-state index contributed by atoms with van der Waals surface area (Å²) in [4.78, 5) is 26.0. The molecule has 0 aliphatic rings. The highest BCUT2D eigenvalue weighted by molar-refractivity contribution is 6.01. The van der Waals surface area contributed by atoms with Gasteiger partial charge in [-0.1, -0.05) is 0 Å². The Morgan fingerprint density at radius 1 is 1.07 bits per heavy atom. The van der Waals surface area contributed by atoms with Crippen LogP contribution in [0.1, 0.15) is 0 Å². The average molecular weight is 198 g/mol. The highest BCUT2D eigenvalue weighted by Gasteiger charge is 2.02. The van der Waals surface area contributed by atoms with Gasteiger partial charge in [0.2, 0.25) is 0 Å². The van der Waals surface area contributed by atoms with E-state index in [0.717, 1.165) is 16.4 Å². The van der Waals surface area contributed by atoms with Gasteiger partial charge < -0.3 is 4.98 Å². The zero-order valence-corrected chi connectivity index (χ0v) is 7.64. The second kappa shape index (κ2) is 2.84. The SMILES string of the molecule is O=c1cnc2ccc3ncncc3c2[nH]1. The summed E-state index contributed by atoms with van der Waals surface area (Å²) >= 11 is 0. The van der Waals surface area contributed by atoms with Gasteiger partial charge >= 0.3 is 0 Å². The monoisotopic (exact) mass is 198 g/mol. The summed E-state index contributed by atoms with van der Waals surface area (Å²) in [5.74, 6) is 0. The van der Waals surface area contributed by atoms with Gasteiger partial charge in [-0.15, -0.1) is 0 Å². The van der Waals surface area contributed by atoms with E-state index in [1.54, 1.807) is 6.20 Å².